The quantitative estimate of drug-likeness (QED) is 0.653. The molecule has 0 saturated carbocycles. The van der Waals surface area contributed by atoms with Crippen LogP contribution in [0.1, 0.15) is 0 Å². The number of nitriles is 2. The SMILES string of the molecule is N#CC(C#N)=NNc1ccc(NC(=O)C(F)(F)F)cc1. The molecule has 102 valence electrons. The van der Waals surface area contributed by atoms with Crippen LogP contribution in [0.25, 0.3) is 0 Å². The lowest BCUT2D eigenvalue weighted by molar-refractivity contribution is -0.167. The van der Waals surface area contributed by atoms with Crippen LogP contribution < -0.4 is 10.7 Å². The normalized spacial score (nSPS) is 9.85. The van der Waals surface area contributed by atoms with E-state index in [0.29, 0.717) is 5.69 Å². The van der Waals surface area contributed by atoms with Gasteiger partial charge in [-0.05, 0) is 24.3 Å². The summed E-state index contributed by atoms with van der Waals surface area (Å²) >= 11 is 0. The van der Waals surface area contributed by atoms with Crippen LogP contribution in [0, 0.1) is 22.7 Å². The molecule has 1 aromatic rings. The molecule has 2 N–H and O–H groups in total. The van der Waals surface area contributed by atoms with Gasteiger partial charge in [0.15, 0.2) is 0 Å². The molecule has 1 amide bonds. The molecule has 0 unspecified atom stereocenters. The van der Waals surface area contributed by atoms with Gasteiger partial charge in [-0.3, -0.25) is 10.2 Å². The molecule has 20 heavy (non-hydrogen) atoms. The highest BCUT2D eigenvalue weighted by molar-refractivity contribution is 6.10. The monoisotopic (exact) mass is 281 g/mol. The molecule has 0 bridgehead atoms. The van der Waals surface area contributed by atoms with Crippen molar-refractivity contribution in [3.8, 4) is 12.1 Å². The zero-order valence-electron chi connectivity index (χ0n) is 9.69. The maximum Gasteiger partial charge on any atom is 0.471 e. The van der Waals surface area contributed by atoms with E-state index in [0.717, 1.165) is 0 Å². The highest BCUT2D eigenvalue weighted by Crippen LogP contribution is 2.19. The van der Waals surface area contributed by atoms with Crippen LogP contribution in [-0.2, 0) is 4.79 Å². The zero-order valence-corrected chi connectivity index (χ0v) is 9.69. The number of amides is 1. The first kappa shape index (κ1) is 15.0. The lowest BCUT2D eigenvalue weighted by Crippen LogP contribution is -2.29. The zero-order chi connectivity index (χ0) is 15.2. The van der Waals surface area contributed by atoms with Crippen molar-refractivity contribution in [2.24, 2.45) is 5.10 Å². The second kappa shape index (κ2) is 6.20. The highest BCUT2D eigenvalue weighted by atomic mass is 19.4. The van der Waals surface area contributed by atoms with Gasteiger partial charge < -0.3 is 5.32 Å². The lowest BCUT2D eigenvalue weighted by Gasteiger charge is -2.08. The number of hydrogen-bond donors (Lipinski definition) is 2. The number of hydrogen-bond acceptors (Lipinski definition) is 5. The highest BCUT2D eigenvalue weighted by Gasteiger charge is 2.38. The number of benzene rings is 1. The van der Waals surface area contributed by atoms with Crippen LogP contribution in [0.15, 0.2) is 29.4 Å². The molecule has 0 aromatic heterocycles. The molecule has 6 nitrogen and oxygen atoms in total. The van der Waals surface area contributed by atoms with Gasteiger partial charge in [0, 0.05) is 5.69 Å². The number of anilines is 2. The maximum absolute atomic E-state index is 12.0. The molecule has 0 aliphatic rings. The molecule has 0 aliphatic carbocycles. The van der Waals surface area contributed by atoms with E-state index in [9.17, 15) is 18.0 Å². The van der Waals surface area contributed by atoms with Crippen LogP contribution >= 0.6 is 0 Å². The summed E-state index contributed by atoms with van der Waals surface area (Å²) in [6, 6.07) is 8.10. The Morgan fingerprint density at radius 3 is 2.05 bits per heavy atom. The third-order valence-electron chi connectivity index (χ3n) is 1.91. The van der Waals surface area contributed by atoms with Gasteiger partial charge >= 0.3 is 12.1 Å². The predicted molar refractivity (Wildman–Crippen MR) is 63.4 cm³/mol. The molecule has 9 heteroatoms. The number of rotatable bonds is 3. The fraction of sp³-hybridized carbons (Fsp3) is 0.0909. The summed E-state index contributed by atoms with van der Waals surface area (Å²) in [6.45, 7) is 0. The third-order valence-corrected chi connectivity index (χ3v) is 1.91. The summed E-state index contributed by atoms with van der Waals surface area (Å²) in [5, 5.41) is 22.0. The molecular formula is C11H6F3N5O. The second-order valence-electron chi connectivity index (χ2n) is 3.33. The standard InChI is InChI=1S/C11H6F3N5O/c12-11(13,14)10(20)17-7-1-3-8(4-2-7)18-19-9(5-15)6-16/h1-4,18H,(H,17,20). The molecule has 0 radical (unpaired) electrons. The van der Waals surface area contributed by atoms with Gasteiger partial charge in [0.05, 0.1) is 5.69 Å². The molecule has 0 spiro atoms. The first-order chi connectivity index (χ1) is 9.36. The van der Waals surface area contributed by atoms with Gasteiger partial charge in [0.25, 0.3) is 0 Å². The van der Waals surface area contributed by atoms with E-state index in [1.54, 1.807) is 5.32 Å². The minimum absolute atomic E-state index is 0.0531. The first-order valence-electron chi connectivity index (χ1n) is 4.99. The van der Waals surface area contributed by atoms with Gasteiger partial charge in [-0.2, -0.15) is 28.8 Å². The van der Waals surface area contributed by atoms with E-state index in [2.05, 4.69) is 10.5 Å². The first-order valence-corrected chi connectivity index (χ1v) is 4.99. The van der Waals surface area contributed by atoms with Crippen molar-refractivity contribution in [2.75, 3.05) is 10.7 Å². The lowest BCUT2D eigenvalue weighted by atomic mass is 10.3. The van der Waals surface area contributed by atoms with Crippen molar-refractivity contribution < 1.29 is 18.0 Å². The number of alkyl halides is 3. The molecule has 0 heterocycles. The fourth-order valence-electron chi connectivity index (χ4n) is 1.03. The summed E-state index contributed by atoms with van der Waals surface area (Å²) in [5.74, 6) is -2.08. The van der Waals surface area contributed by atoms with E-state index in [-0.39, 0.29) is 5.69 Å². The van der Waals surface area contributed by atoms with Crippen LogP contribution in [0.5, 0.6) is 0 Å². The number of halogens is 3. The van der Waals surface area contributed by atoms with E-state index < -0.39 is 17.8 Å². The predicted octanol–water partition coefficient (Wildman–Crippen LogP) is 2.00. The van der Waals surface area contributed by atoms with Gasteiger partial charge in [-0.25, -0.2) is 0 Å². The summed E-state index contributed by atoms with van der Waals surface area (Å²) in [6.07, 6.45) is -4.96. The summed E-state index contributed by atoms with van der Waals surface area (Å²) in [4.78, 5) is 10.7. The van der Waals surface area contributed by atoms with E-state index in [1.165, 1.54) is 36.4 Å². The Balaban J connectivity index is 2.71. The molecule has 0 aliphatic heterocycles. The average molecular weight is 281 g/mol. The Morgan fingerprint density at radius 2 is 1.60 bits per heavy atom. The number of carbonyl (C=O) groups excluding carboxylic acids is 1. The molecule has 0 fully saturated rings. The van der Waals surface area contributed by atoms with Gasteiger partial charge in [0.1, 0.15) is 12.1 Å². The Morgan fingerprint density at radius 1 is 1.10 bits per heavy atom. The van der Waals surface area contributed by atoms with Crippen LogP contribution in [0.2, 0.25) is 0 Å². The molecule has 1 rings (SSSR count). The van der Waals surface area contributed by atoms with E-state index >= 15 is 0 Å². The van der Waals surface area contributed by atoms with Crippen molar-refractivity contribution in [3.05, 3.63) is 24.3 Å². The van der Waals surface area contributed by atoms with Crippen molar-refractivity contribution in [1.29, 1.82) is 10.5 Å². The molecule has 1 aromatic carbocycles. The summed E-state index contributed by atoms with van der Waals surface area (Å²) in [5.41, 5.74) is 2.24. The smallest absolute Gasteiger partial charge is 0.318 e. The number of nitrogens with one attached hydrogen (secondary N) is 2. The number of hydrazone groups is 1. The van der Waals surface area contributed by atoms with Crippen molar-refractivity contribution in [2.45, 2.75) is 6.18 Å². The van der Waals surface area contributed by atoms with Gasteiger partial charge in [0.2, 0.25) is 5.71 Å². The third kappa shape index (κ3) is 4.31. The minimum atomic E-state index is -4.96. The van der Waals surface area contributed by atoms with Gasteiger partial charge in [-0.1, -0.05) is 0 Å². The Kier molecular flexibility index (Phi) is 4.65. The fourth-order valence-corrected chi connectivity index (χ4v) is 1.03. The molecule has 0 saturated heterocycles. The number of carbonyl (C=O) groups is 1. The van der Waals surface area contributed by atoms with Crippen molar-refractivity contribution in [3.63, 3.8) is 0 Å². The molecular weight excluding hydrogens is 275 g/mol. The Bertz CT molecular complexity index is 591. The van der Waals surface area contributed by atoms with Crippen molar-refractivity contribution >= 4 is 23.0 Å². The average Bonchev–Trinajstić information content (AvgIpc) is 2.40. The number of nitrogens with zero attached hydrogens (tertiary/aromatic N) is 3. The van der Waals surface area contributed by atoms with Crippen LogP contribution in [0.3, 0.4) is 0 Å². The van der Waals surface area contributed by atoms with Crippen LogP contribution in [0.4, 0.5) is 24.5 Å². The summed E-state index contributed by atoms with van der Waals surface area (Å²) in [7, 11) is 0. The topological polar surface area (TPSA) is 101 Å². The van der Waals surface area contributed by atoms with Crippen molar-refractivity contribution in [1.82, 2.24) is 0 Å². The Hall–Kier alpha value is -3.07. The minimum Gasteiger partial charge on any atom is -0.318 e. The van der Waals surface area contributed by atoms with E-state index in [4.69, 9.17) is 10.5 Å². The molecule has 0 atom stereocenters. The van der Waals surface area contributed by atoms with Gasteiger partial charge in [-0.15, -0.1) is 0 Å². The van der Waals surface area contributed by atoms with Crippen LogP contribution in [-0.4, -0.2) is 17.8 Å². The maximum atomic E-state index is 12.0. The summed E-state index contributed by atoms with van der Waals surface area (Å²) < 4.78 is 36.0. The Labute approximate surface area is 111 Å². The largest absolute Gasteiger partial charge is 0.471 e. The van der Waals surface area contributed by atoms with E-state index in [1.807, 2.05) is 0 Å². The second-order valence-corrected chi connectivity index (χ2v) is 3.33.